The fraction of sp³-hybridized carbons (Fsp3) is 0.500. The molecule has 0 saturated carbocycles. The lowest BCUT2D eigenvalue weighted by molar-refractivity contribution is 0.490. The predicted molar refractivity (Wildman–Crippen MR) is 64.2 cm³/mol. The van der Waals surface area contributed by atoms with Crippen molar-refractivity contribution in [3.63, 3.8) is 0 Å². The van der Waals surface area contributed by atoms with E-state index >= 15 is 0 Å². The van der Waals surface area contributed by atoms with Crippen LogP contribution in [-0.2, 0) is 13.1 Å². The summed E-state index contributed by atoms with van der Waals surface area (Å²) in [5, 5.41) is 12.3. The molecule has 5 nitrogen and oxygen atoms in total. The highest BCUT2D eigenvalue weighted by Crippen LogP contribution is 2.23. The molecule has 0 saturated heterocycles. The molecule has 1 unspecified atom stereocenters. The highest BCUT2D eigenvalue weighted by molar-refractivity contribution is 9.09. The van der Waals surface area contributed by atoms with Gasteiger partial charge < -0.3 is 0 Å². The second-order valence-electron chi connectivity index (χ2n) is 3.55. The first-order valence-corrected chi connectivity index (χ1v) is 6.22. The van der Waals surface area contributed by atoms with Crippen LogP contribution in [0.3, 0.4) is 0 Å². The zero-order valence-electron chi connectivity index (χ0n) is 9.12. The third-order valence-corrected chi connectivity index (χ3v) is 3.47. The van der Waals surface area contributed by atoms with E-state index in [0.717, 1.165) is 25.2 Å². The van der Waals surface area contributed by atoms with Crippen molar-refractivity contribution in [3.8, 4) is 0 Å². The van der Waals surface area contributed by atoms with Crippen molar-refractivity contribution in [2.24, 2.45) is 0 Å². The van der Waals surface area contributed by atoms with Gasteiger partial charge in [0.15, 0.2) is 0 Å². The summed E-state index contributed by atoms with van der Waals surface area (Å²) in [6, 6.07) is 1.92. The Kier molecular flexibility index (Phi) is 3.71. The highest BCUT2D eigenvalue weighted by Gasteiger charge is 2.09. The van der Waals surface area contributed by atoms with E-state index in [1.807, 2.05) is 27.8 Å². The maximum Gasteiger partial charge on any atom is 0.0963 e. The van der Waals surface area contributed by atoms with Gasteiger partial charge in [-0.25, -0.2) is 0 Å². The van der Waals surface area contributed by atoms with E-state index < -0.39 is 0 Å². The molecular formula is C10H14BrN5. The summed E-state index contributed by atoms with van der Waals surface area (Å²) in [7, 11) is 0. The third-order valence-electron chi connectivity index (χ3n) is 2.35. The normalized spacial score (nSPS) is 12.9. The van der Waals surface area contributed by atoms with E-state index in [4.69, 9.17) is 0 Å². The highest BCUT2D eigenvalue weighted by atomic mass is 79.9. The van der Waals surface area contributed by atoms with E-state index in [1.165, 1.54) is 0 Å². The number of nitrogens with zero attached hydrogens (tertiary/aromatic N) is 5. The van der Waals surface area contributed by atoms with Crippen molar-refractivity contribution in [1.29, 1.82) is 0 Å². The van der Waals surface area contributed by atoms with Crippen molar-refractivity contribution in [2.75, 3.05) is 0 Å². The molecule has 2 aromatic heterocycles. The Balaban J connectivity index is 1.93. The topological polar surface area (TPSA) is 48.5 Å². The second-order valence-corrected chi connectivity index (χ2v) is 4.66. The Morgan fingerprint density at radius 3 is 2.88 bits per heavy atom. The molecular weight excluding hydrogens is 270 g/mol. The number of rotatable bonds is 5. The molecule has 0 aliphatic heterocycles. The van der Waals surface area contributed by atoms with Crippen LogP contribution in [0.5, 0.6) is 0 Å². The number of aromatic nitrogens is 5. The first-order chi connectivity index (χ1) is 7.79. The number of aryl methyl sites for hydroxylation is 2. The molecule has 2 rings (SSSR count). The molecule has 0 aromatic carbocycles. The monoisotopic (exact) mass is 283 g/mol. The summed E-state index contributed by atoms with van der Waals surface area (Å²) >= 11 is 3.55. The van der Waals surface area contributed by atoms with Gasteiger partial charge in [-0.2, -0.15) is 5.10 Å². The zero-order valence-corrected chi connectivity index (χ0v) is 10.7. The Morgan fingerprint density at radius 2 is 2.19 bits per heavy atom. The van der Waals surface area contributed by atoms with Gasteiger partial charge >= 0.3 is 0 Å². The molecule has 0 N–H and O–H groups in total. The summed E-state index contributed by atoms with van der Waals surface area (Å²) in [5.74, 6) is 0. The number of hydrogen-bond donors (Lipinski definition) is 0. The maximum atomic E-state index is 4.14. The van der Waals surface area contributed by atoms with Crippen LogP contribution < -0.4 is 0 Å². The average Bonchev–Trinajstić information content (AvgIpc) is 2.96. The van der Waals surface area contributed by atoms with Crippen LogP contribution in [0.15, 0.2) is 24.7 Å². The Morgan fingerprint density at radius 1 is 1.38 bits per heavy atom. The summed E-state index contributed by atoms with van der Waals surface area (Å²) in [5.41, 5.74) is 0.989. The lowest BCUT2D eigenvalue weighted by atomic mass is 10.3. The Hall–Kier alpha value is -1.17. The zero-order chi connectivity index (χ0) is 11.4. The minimum Gasteiger partial charge on any atom is -0.271 e. The molecule has 6 heteroatoms. The standard InChI is InChI=1S/C10H14BrN5/c1-2-9(11)10-8-16(14-13-10)7-6-15-5-3-4-12-15/h3-5,8-9H,2,6-7H2,1H3. The smallest absolute Gasteiger partial charge is 0.0963 e. The fourth-order valence-corrected chi connectivity index (χ4v) is 1.62. The lowest BCUT2D eigenvalue weighted by Crippen LogP contribution is -2.08. The van der Waals surface area contributed by atoms with Crippen molar-refractivity contribution in [2.45, 2.75) is 31.3 Å². The summed E-state index contributed by atoms with van der Waals surface area (Å²) in [6.07, 6.45) is 6.71. The summed E-state index contributed by atoms with van der Waals surface area (Å²) < 4.78 is 3.73. The first kappa shape index (κ1) is 11.3. The molecule has 16 heavy (non-hydrogen) atoms. The van der Waals surface area contributed by atoms with E-state index in [1.54, 1.807) is 6.20 Å². The van der Waals surface area contributed by atoms with E-state index in [9.17, 15) is 0 Å². The molecule has 0 radical (unpaired) electrons. The summed E-state index contributed by atoms with van der Waals surface area (Å²) in [4.78, 5) is 0.297. The maximum absolute atomic E-state index is 4.14. The van der Waals surface area contributed by atoms with Crippen LogP contribution in [0.4, 0.5) is 0 Å². The molecule has 2 aromatic rings. The van der Waals surface area contributed by atoms with Crippen LogP contribution in [-0.4, -0.2) is 24.8 Å². The number of hydrogen-bond acceptors (Lipinski definition) is 3. The van der Waals surface area contributed by atoms with Gasteiger partial charge in [0, 0.05) is 18.6 Å². The molecule has 0 aliphatic rings. The van der Waals surface area contributed by atoms with Crippen LogP contribution in [0.25, 0.3) is 0 Å². The van der Waals surface area contributed by atoms with Crippen molar-refractivity contribution in [1.82, 2.24) is 24.8 Å². The van der Waals surface area contributed by atoms with Gasteiger partial charge in [-0.05, 0) is 12.5 Å². The molecule has 0 aliphatic carbocycles. The molecule has 0 amide bonds. The molecule has 86 valence electrons. The van der Waals surface area contributed by atoms with Crippen LogP contribution in [0, 0.1) is 0 Å². The van der Waals surface area contributed by atoms with Crippen molar-refractivity contribution in [3.05, 3.63) is 30.4 Å². The Bertz CT molecular complexity index is 422. The van der Waals surface area contributed by atoms with Gasteiger partial charge in [-0.15, -0.1) is 5.10 Å². The second kappa shape index (κ2) is 5.25. The van der Waals surface area contributed by atoms with Gasteiger partial charge in [0.1, 0.15) is 0 Å². The van der Waals surface area contributed by atoms with Crippen LogP contribution in [0.1, 0.15) is 23.9 Å². The van der Waals surface area contributed by atoms with Crippen molar-refractivity contribution >= 4 is 15.9 Å². The van der Waals surface area contributed by atoms with Crippen molar-refractivity contribution < 1.29 is 0 Å². The quantitative estimate of drug-likeness (QED) is 0.789. The van der Waals surface area contributed by atoms with Crippen LogP contribution >= 0.6 is 15.9 Å². The minimum atomic E-state index is 0.297. The number of halogens is 1. The fourth-order valence-electron chi connectivity index (χ4n) is 1.41. The van der Waals surface area contributed by atoms with Gasteiger partial charge in [0.05, 0.1) is 23.6 Å². The largest absolute Gasteiger partial charge is 0.271 e. The SMILES string of the molecule is CCC(Br)c1cn(CCn2cccn2)nn1. The number of alkyl halides is 1. The predicted octanol–water partition coefficient (Wildman–Crippen LogP) is 2.02. The van der Waals surface area contributed by atoms with E-state index in [-0.39, 0.29) is 0 Å². The van der Waals surface area contributed by atoms with E-state index in [2.05, 4.69) is 38.3 Å². The lowest BCUT2D eigenvalue weighted by Gasteiger charge is -2.01. The van der Waals surface area contributed by atoms with E-state index in [0.29, 0.717) is 4.83 Å². The van der Waals surface area contributed by atoms with Gasteiger partial charge in [0.25, 0.3) is 0 Å². The Labute approximate surface area is 103 Å². The molecule has 2 heterocycles. The average molecular weight is 284 g/mol. The minimum absolute atomic E-state index is 0.297. The molecule has 0 fully saturated rings. The van der Waals surface area contributed by atoms with Gasteiger partial charge in [0.2, 0.25) is 0 Å². The first-order valence-electron chi connectivity index (χ1n) is 5.31. The molecule has 1 atom stereocenters. The summed E-state index contributed by atoms with van der Waals surface area (Å²) in [6.45, 7) is 3.72. The molecule has 0 bridgehead atoms. The van der Waals surface area contributed by atoms with Gasteiger partial charge in [-0.3, -0.25) is 9.36 Å². The molecule has 0 spiro atoms. The van der Waals surface area contributed by atoms with Crippen LogP contribution in [0.2, 0.25) is 0 Å². The third kappa shape index (κ3) is 2.69. The van der Waals surface area contributed by atoms with Gasteiger partial charge in [-0.1, -0.05) is 28.1 Å².